The van der Waals surface area contributed by atoms with Crippen LogP contribution in [0.25, 0.3) is 16.8 Å². The third-order valence-corrected chi connectivity index (χ3v) is 6.70. The summed E-state index contributed by atoms with van der Waals surface area (Å²) in [6.07, 6.45) is 4.44. The Kier molecular flexibility index (Phi) is 6.81. The van der Waals surface area contributed by atoms with Crippen LogP contribution in [0.3, 0.4) is 0 Å². The number of halogens is 2. The number of carbonyl (C=O) groups is 1. The fourth-order valence-corrected chi connectivity index (χ4v) is 4.89. The number of nitrogens with one attached hydrogen (secondary N) is 2. The number of nitrogens with zero attached hydrogens (tertiary/aromatic N) is 5. The van der Waals surface area contributed by atoms with Crippen LogP contribution in [0.15, 0.2) is 48.9 Å². The van der Waals surface area contributed by atoms with E-state index >= 15 is 0 Å². The third kappa shape index (κ3) is 4.82. The molecule has 0 spiro atoms. The predicted molar refractivity (Wildman–Crippen MR) is 139 cm³/mol. The Morgan fingerprint density at radius 1 is 1.16 bits per heavy atom. The number of imidazole rings is 1. The Labute approximate surface area is 217 Å². The van der Waals surface area contributed by atoms with Gasteiger partial charge in [-0.1, -0.05) is 6.92 Å². The number of amides is 1. The number of anilines is 3. The smallest absolute Gasteiger partial charge is 0.407 e. The summed E-state index contributed by atoms with van der Waals surface area (Å²) in [6.45, 7) is 4.74. The molecule has 198 valence electrons. The van der Waals surface area contributed by atoms with Gasteiger partial charge < -0.3 is 26.0 Å². The molecule has 1 aromatic carbocycles. The fourth-order valence-electron chi connectivity index (χ4n) is 4.89. The van der Waals surface area contributed by atoms with E-state index in [1.54, 1.807) is 37.6 Å². The number of rotatable bonds is 5. The maximum atomic E-state index is 14.6. The van der Waals surface area contributed by atoms with Crippen molar-refractivity contribution in [2.24, 2.45) is 11.7 Å². The van der Waals surface area contributed by atoms with Crippen LogP contribution in [0, 0.1) is 24.5 Å². The van der Waals surface area contributed by atoms with Gasteiger partial charge in [0.2, 0.25) is 5.95 Å². The number of benzene rings is 1. The summed E-state index contributed by atoms with van der Waals surface area (Å²) in [4.78, 5) is 22.5. The number of aryl methyl sites for hydroxylation is 1. The zero-order chi connectivity index (χ0) is 27.0. The van der Waals surface area contributed by atoms with Gasteiger partial charge in [-0.15, -0.1) is 0 Å². The quantitative estimate of drug-likeness (QED) is 0.363. The molecule has 0 saturated carbocycles. The minimum atomic E-state index is -0.686. The van der Waals surface area contributed by atoms with Crippen molar-refractivity contribution in [1.29, 1.82) is 0 Å². The molecule has 1 fully saturated rings. The van der Waals surface area contributed by atoms with E-state index in [0.29, 0.717) is 35.8 Å². The number of alkyl carbamates (subject to hydrolysis) is 1. The number of hydrogen-bond donors (Lipinski definition) is 3. The van der Waals surface area contributed by atoms with Crippen molar-refractivity contribution in [3.63, 3.8) is 0 Å². The van der Waals surface area contributed by atoms with Crippen LogP contribution >= 0.6 is 0 Å². The van der Waals surface area contributed by atoms with E-state index in [0.717, 1.165) is 5.69 Å². The van der Waals surface area contributed by atoms with Gasteiger partial charge in [-0.05, 0) is 48.7 Å². The van der Waals surface area contributed by atoms with Gasteiger partial charge >= 0.3 is 6.09 Å². The second-order valence-corrected chi connectivity index (χ2v) is 9.47. The van der Waals surface area contributed by atoms with E-state index < -0.39 is 17.7 Å². The summed E-state index contributed by atoms with van der Waals surface area (Å²) in [5, 5.41) is 10.6. The van der Waals surface area contributed by atoms with Crippen LogP contribution in [-0.2, 0) is 4.74 Å². The second kappa shape index (κ2) is 10.2. The van der Waals surface area contributed by atoms with E-state index in [-0.39, 0.29) is 29.3 Å². The lowest BCUT2D eigenvalue weighted by molar-refractivity contribution is 0.156. The Morgan fingerprint density at radius 3 is 2.63 bits per heavy atom. The highest BCUT2D eigenvalue weighted by Crippen LogP contribution is 2.32. The molecule has 1 aliphatic rings. The zero-order valence-electron chi connectivity index (χ0n) is 21.2. The van der Waals surface area contributed by atoms with Crippen molar-refractivity contribution in [3.05, 3.63) is 66.1 Å². The molecule has 0 unspecified atom stereocenters. The first-order valence-corrected chi connectivity index (χ1v) is 12.1. The SMILES string of the molecule is COC(=O)N[C@@H]1[C@H](N)CN(c2ccncc2Nc2ncc3ccc(-c4c(F)cc(C)cc4F)nn23)C[C@@H]1C. The normalized spacial score (nSPS) is 19.4. The average Bonchev–Trinajstić information content (AvgIpc) is 3.27. The highest BCUT2D eigenvalue weighted by molar-refractivity contribution is 5.74. The van der Waals surface area contributed by atoms with Crippen molar-refractivity contribution >= 4 is 28.9 Å². The molecule has 1 amide bonds. The van der Waals surface area contributed by atoms with Crippen molar-refractivity contribution in [2.75, 3.05) is 30.4 Å². The van der Waals surface area contributed by atoms with Crippen molar-refractivity contribution in [1.82, 2.24) is 24.9 Å². The molecule has 3 atom stereocenters. The molecule has 0 aliphatic carbocycles. The first kappa shape index (κ1) is 25.3. The minimum absolute atomic E-state index is 0.0367. The maximum absolute atomic E-state index is 14.6. The van der Waals surface area contributed by atoms with Crippen LogP contribution in [0.2, 0.25) is 0 Å². The number of methoxy groups -OCH3 is 1. The molecular weight excluding hydrogens is 494 g/mol. The minimum Gasteiger partial charge on any atom is -0.453 e. The summed E-state index contributed by atoms with van der Waals surface area (Å²) in [7, 11) is 1.32. The van der Waals surface area contributed by atoms with Gasteiger partial charge in [0.05, 0.1) is 53.7 Å². The van der Waals surface area contributed by atoms with E-state index in [2.05, 4.69) is 30.6 Å². The molecule has 10 nitrogen and oxygen atoms in total. The first-order valence-electron chi connectivity index (χ1n) is 12.1. The number of hydrogen-bond acceptors (Lipinski definition) is 8. The van der Waals surface area contributed by atoms with Gasteiger partial charge in [-0.3, -0.25) is 4.98 Å². The molecular formula is C26H28F2N8O2. The molecule has 0 radical (unpaired) electrons. The monoisotopic (exact) mass is 522 g/mol. The molecule has 4 N–H and O–H groups in total. The number of pyridine rings is 1. The van der Waals surface area contributed by atoms with Crippen LogP contribution in [0.5, 0.6) is 0 Å². The van der Waals surface area contributed by atoms with E-state index in [9.17, 15) is 13.6 Å². The summed E-state index contributed by atoms with van der Waals surface area (Å²) >= 11 is 0. The highest BCUT2D eigenvalue weighted by atomic mass is 19.1. The predicted octanol–water partition coefficient (Wildman–Crippen LogP) is 3.63. The first-order chi connectivity index (χ1) is 18.2. The second-order valence-electron chi connectivity index (χ2n) is 9.47. The maximum Gasteiger partial charge on any atom is 0.407 e. The summed E-state index contributed by atoms with van der Waals surface area (Å²) < 4.78 is 35.5. The van der Waals surface area contributed by atoms with Crippen molar-refractivity contribution in [2.45, 2.75) is 25.9 Å². The lowest BCUT2D eigenvalue weighted by atomic mass is 9.90. The van der Waals surface area contributed by atoms with Gasteiger partial charge in [-0.25, -0.2) is 18.6 Å². The summed E-state index contributed by atoms with van der Waals surface area (Å²) in [5.41, 5.74) is 8.98. The lowest BCUT2D eigenvalue weighted by Gasteiger charge is -2.42. The lowest BCUT2D eigenvalue weighted by Crippen LogP contribution is -2.62. The average molecular weight is 523 g/mol. The fraction of sp³-hybridized carbons (Fsp3) is 0.308. The number of nitrogens with two attached hydrogens (primary N) is 1. The zero-order valence-corrected chi connectivity index (χ0v) is 21.2. The molecule has 4 heterocycles. The van der Waals surface area contributed by atoms with Crippen LogP contribution in [0.1, 0.15) is 12.5 Å². The third-order valence-electron chi connectivity index (χ3n) is 6.70. The molecule has 38 heavy (non-hydrogen) atoms. The topological polar surface area (TPSA) is 123 Å². The Hall–Kier alpha value is -4.32. The van der Waals surface area contributed by atoms with E-state index in [1.165, 1.54) is 23.8 Å². The number of piperidine rings is 1. The number of fused-ring (bicyclic) bond motifs is 1. The van der Waals surface area contributed by atoms with Gasteiger partial charge in [0.25, 0.3) is 0 Å². The standard InChI is InChI=1S/C26H28F2N8O2/c1-14-8-17(27)23(18(28)9-14)20-5-4-16-10-31-25(36(16)34-20)32-21-11-30-7-6-22(21)35-12-15(2)24(19(29)13-35)33-26(37)38-3/h4-11,15,19,24H,12-13,29H2,1-3H3,(H,31,32)(H,33,37)/t15-,19+,24-/m0/s1. The van der Waals surface area contributed by atoms with Crippen LogP contribution in [0.4, 0.5) is 30.9 Å². The van der Waals surface area contributed by atoms with E-state index in [4.69, 9.17) is 10.5 Å². The molecule has 4 aromatic rings. The van der Waals surface area contributed by atoms with Gasteiger partial charge in [-0.2, -0.15) is 9.61 Å². The molecule has 1 saturated heterocycles. The molecule has 12 heteroatoms. The van der Waals surface area contributed by atoms with Crippen molar-refractivity contribution < 1.29 is 18.3 Å². The molecule has 5 rings (SSSR count). The van der Waals surface area contributed by atoms with Gasteiger partial charge in [0.15, 0.2) is 0 Å². The van der Waals surface area contributed by atoms with Crippen LogP contribution in [-0.4, -0.2) is 58.0 Å². The van der Waals surface area contributed by atoms with Gasteiger partial charge in [0, 0.05) is 25.3 Å². The van der Waals surface area contributed by atoms with Gasteiger partial charge in [0.1, 0.15) is 11.6 Å². The molecule has 3 aromatic heterocycles. The molecule has 0 bridgehead atoms. The number of carbonyl (C=O) groups excluding carboxylic acids is 1. The number of aromatic nitrogens is 4. The Morgan fingerprint density at radius 2 is 1.92 bits per heavy atom. The summed E-state index contributed by atoms with van der Waals surface area (Å²) in [6, 6.07) is 7.09. The largest absolute Gasteiger partial charge is 0.453 e. The molecule has 1 aliphatic heterocycles. The Bertz CT molecular complexity index is 1460. The number of ether oxygens (including phenoxy) is 1. The van der Waals surface area contributed by atoms with Crippen molar-refractivity contribution in [3.8, 4) is 11.3 Å². The summed E-state index contributed by atoms with van der Waals surface area (Å²) in [5.74, 6) is -0.985. The highest BCUT2D eigenvalue weighted by Gasteiger charge is 2.34. The Balaban J connectivity index is 1.44. The van der Waals surface area contributed by atoms with Crippen LogP contribution < -0.4 is 21.3 Å². The van der Waals surface area contributed by atoms with E-state index in [1.807, 2.05) is 13.0 Å².